The van der Waals surface area contributed by atoms with Gasteiger partial charge in [-0.1, -0.05) is 26.0 Å². The first-order chi connectivity index (χ1) is 26.2. The van der Waals surface area contributed by atoms with Gasteiger partial charge in [-0.15, -0.1) is 0 Å². The molecule has 6 rings (SSSR count). The lowest BCUT2D eigenvalue weighted by Crippen LogP contribution is -2.53. The van der Waals surface area contributed by atoms with Crippen LogP contribution in [0.5, 0.6) is 0 Å². The van der Waals surface area contributed by atoms with Crippen LogP contribution in [0.25, 0.3) is 56.1 Å². The van der Waals surface area contributed by atoms with Crippen molar-refractivity contribution in [1.82, 2.24) is 25.9 Å². The molecule has 286 valence electrons. The van der Waals surface area contributed by atoms with Crippen molar-refractivity contribution in [3.05, 3.63) is 90.4 Å². The number of carbonyl (C=O) groups excluding carboxylic acids is 3. The van der Waals surface area contributed by atoms with E-state index in [0.717, 1.165) is 10.6 Å². The first kappa shape index (κ1) is 38.4. The summed E-state index contributed by atoms with van der Waals surface area (Å²) >= 11 is 0. The number of halogens is 1. The molecule has 0 saturated heterocycles. The summed E-state index contributed by atoms with van der Waals surface area (Å²) in [4.78, 5) is 47.6. The minimum Gasteiger partial charge on any atom is -0.455 e. The predicted molar refractivity (Wildman–Crippen MR) is 205 cm³/mol. The van der Waals surface area contributed by atoms with E-state index in [9.17, 15) is 27.2 Å². The molecule has 1 unspecified atom stereocenters. The highest BCUT2D eigenvalue weighted by atomic mass is 32.2. The number of nitrogens with zero attached hydrogens (tertiary/aromatic N) is 3. The summed E-state index contributed by atoms with van der Waals surface area (Å²) in [5.41, 5.74) is 3.29. The summed E-state index contributed by atoms with van der Waals surface area (Å²) in [7, 11) is -1.42. The number of amides is 3. The average molecular weight is 771 g/mol. The fraction of sp³-hybridized carbons (Fsp3) is 0.256. The quantitative estimate of drug-likeness (QED) is 0.131. The van der Waals surface area contributed by atoms with Crippen LogP contribution in [0, 0.1) is 11.7 Å². The van der Waals surface area contributed by atoms with Crippen LogP contribution >= 0.6 is 0 Å². The van der Waals surface area contributed by atoms with E-state index in [1.165, 1.54) is 44.5 Å². The van der Waals surface area contributed by atoms with Crippen LogP contribution in [0.3, 0.4) is 0 Å². The number of sulfonamides is 1. The number of benzene rings is 3. The first-order valence-corrected chi connectivity index (χ1v) is 19.1. The van der Waals surface area contributed by atoms with Crippen LogP contribution in [-0.4, -0.2) is 75.3 Å². The molecule has 3 heterocycles. The number of furan rings is 1. The highest BCUT2D eigenvalue weighted by Crippen LogP contribution is 2.42. The summed E-state index contributed by atoms with van der Waals surface area (Å²) in [5, 5.41) is 8.33. The molecule has 6 aromatic rings. The van der Waals surface area contributed by atoms with Gasteiger partial charge in [0.2, 0.25) is 21.8 Å². The van der Waals surface area contributed by atoms with Crippen LogP contribution in [0.4, 0.5) is 14.9 Å². The van der Waals surface area contributed by atoms with Crippen LogP contribution < -0.4 is 20.3 Å². The predicted octanol–water partition coefficient (Wildman–Crippen LogP) is 6.12. The molecular weight excluding hydrogens is 732 g/mol. The van der Waals surface area contributed by atoms with Gasteiger partial charge in [-0.05, 0) is 73.0 Å². The molecule has 0 saturated carbocycles. The second-order valence-corrected chi connectivity index (χ2v) is 15.2. The summed E-state index contributed by atoms with van der Waals surface area (Å²) in [6, 6.07) is 17.4. The number of methoxy groups -OCH3 is 1. The van der Waals surface area contributed by atoms with E-state index in [4.69, 9.17) is 8.83 Å². The van der Waals surface area contributed by atoms with Crippen molar-refractivity contribution in [3.8, 4) is 33.9 Å². The van der Waals surface area contributed by atoms with Gasteiger partial charge in [0.15, 0.2) is 11.2 Å². The molecule has 0 spiro atoms. The number of oxazole rings is 1. The molecule has 3 N–H and O–H groups in total. The highest BCUT2D eigenvalue weighted by molar-refractivity contribution is 7.92. The Bertz CT molecular complexity index is 2480. The second-order valence-electron chi connectivity index (χ2n) is 13.2. The highest BCUT2D eigenvalue weighted by Gasteiger charge is 2.31. The Morgan fingerprint density at radius 2 is 1.64 bits per heavy atom. The number of anilines is 1. The molecule has 2 atom stereocenters. The van der Waals surface area contributed by atoms with Gasteiger partial charge in [0, 0.05) is 47.4 Å². The SMILES string of the molecule is CNC(=O)c1c(-c2ccc(F)cc2)oc2cc(N(CC(C)NC(=O)[C@H](NC(=O)OC)C(C)C)S(C)(=O)=O)c(-c3cccc(-c4nc5ncccc5o4)c3)cc12. The third-order valence-corrected chi connectivity index (χ3v) is 10.0. The molecule has 0 aliphatic rings. The van der Waals surface area contributed by atoms with Crippen molar-refractivity contribution in [2.45, 2.75) is 32.9 Å². The number of hydrogen-bond acceptors (Lipinski definition) is 10. The first-order valence-electron chi connectivity index (χ1n) is 17.2. The van der Waals surface area contributed by atoms with Crippen molar-refractivity contribution in [2.24, 2.45) is 5.92 Å². The second kappa shape index (κ2) is 15.6. The van der Waals surface area contributed by atoms with E-state index in [-0.39, 0.29) is 40.9 Å². The average Bonchev–Trinajstić information content (AvgIpc) is 3.76. The molecule has 3 amide bonds. The van der Waals surface area contributed by atoms with Crippen LogP contribution in [0.2, 0.25) is 0 Å². The van der Waals surface area contributed by atoms with Crippen LogP contribution in [-0.2, 0) is 19.6 Å². The van der Waals surface area contributed by atoms with E-state index in [0.29, 0.717) is 38.9 Å². The Hall–Kier alpha value is -6.29. The largest absolute Gasteiger partial charge is 0.455 e. The van der Waals surface area contributed by atoms with Crippen molar-refractivity contribution >= 4 is 55.8 Å². The van der Waals surface area contributed by atoms with Gasteiger partial charge in [-0.2, -0.15) is 4.98 Å². The Kier molecular flexibility index (Phi) is 10.9. The lowest BCUT2D eigenvalue weighted by atomic mass is 9.97. The number of nitrogens with one attached hydrogen (secondary N) is 3. The number of rotatable bonds is 12. The van der Waals surface area contributed by atoms with Crippen molar-refractivity contribution < 1.29 is 40.8 Å². The van der Waals surface area contributed by atoms with Crippen molar-refractivity contribution in [2.75, 3.05) is 31.3 Å². The summed E-state index contributed by atoms with van der Waals surface area (Å²) in [5.74, 6) is -1.40. The number of alkyl carbamates (subject to hydrolysis) is 1. The van der Waals surface area contributed by atoms with Gasteiger partial charge >= 0.3 is 6.09 Å². The minimum atomic E-state index is -4.08. The van der Waals surface area contributed by atoms with E-state index < -0.39 is 45.8 Å². The Labute approximate surface area is 316 Å². The molecular formula is C39H39FN6O8S. The maximum atomic E-state index is 13.9. The standard InChI is InChI=1S/C39H39FN6O8S/c1-21(2)33(44-39(49)52-5)37(48)43-22(3)20-46(55(6,50)51)29-19-31-28(32(36(47)41-4)34(53-31)23-12-14-26(40)15-13-23)18-27(29)24-9-7-10-25(17-24)38-45-35-30(54-38)11-8-16-42-35/h7-19,21-22,33H,20H2,1-6H3,(H,41,47)(H,43,48)(H,44,49)/t22?,33-/m1/s1. The van der Waals surface area contributed by atoms with Crippen LogP contribution in [0.1, 0.15) is 31.1 Å². The zero-order chi connectivity index (χ0) is 39.6. The molecule has 0 bridgehead atoms. The Balaban J connectivity index is 1.52. The third-order valence-electron chi connectivity index (χ3n) is 8.86. The number of pyridine rings is 1. The molecule has 0 aliphatic carbocycles. The van der Waals surface area contributed by atoms with Crippen molar-refractivity contribution in [3.63, 3.8) is 0 Å². The van der Waals surface area contributed by atoms with Gasteiger partial charge in [0.05, 0.1) is 31.2 Å². The topological polar surface area (TPSA) is 186 Å². The zero-order valence-corrected chi connectivity index (χ0v) is 31.7. The van der Waals surface area contributed by atoms with E-state index in [1.54, 1.807) is 69.4 Å². The Morgan fingerprint density at radius 3 is 2.29 bits per heavy atom. The van der Waals surface area contributed by atoms with Gasteiger partial charge in [0.25, 0.3) is 5.91 Å². The maximum Gasteiger partial charge on any atom is 0.407 e. The normalized spacial score (nSPS) is 12.7. The molecule has 0 fully saturated rings. The molecule has 55 heavy (non-hydrogen) atoms. The number of hydrogen-bond donors (Lipinski definition) is 3. The molecule has 0 aliphatic heterocycles. The minimum absolute atomic E-state index is 0.148. The number of carbonyl (C=O) groups is 3. The number of fused-ring (bicyclic) bond motifs is 2. The van der Waals surface area contributed by atoms with E-state index in [1.807, 2.05) is 0 Å². The zero-order valence-electron chi connectivity index (χ0n) is 30.8. The summed E-state index contributed by atoms with van der Waals surface area (Å²) < 4.78 is 59.5. The molecule has 14 nitrogen and oxygen atoms in total. The van der Waals surface area contributed by atoms with Gasteiger partial charge in [-0.3, -0.25) is 13.9 Å². The smallest absolute Gasteiger partial charge is 0.407 e. The Morgan fingerprint density at radius 1 is 0.909 bits per heavy atom. The third kappa shape index (κ3) is 8.13. The lowest BCUT2D eigenvalue weighted by molar-refractivity contribution is -0.124. The van der Waals surface area contributed by atoms with Gasteiger partial charge in [-0.25, -0.2) is 22.6 Å². The molecule has 16 heteroatoms. The van der Waals surface area contributed by atoms with Crippen LogP contribution in [0.15, 0.2) is 87.8 Å². The number of aromatic nitrogens is 2. The van der Waals surface area contributed by atoms with E-state index in [2.05, 4.69) is 30.7 Å². The van der Waals surface area contributed by atoms with Gasteiger partial charge in [0.1, 0.15) is 23.2 Å². The van der Waals surface area contributed by atoms with E-state index >= 15 is 0 Å². The molecule has 3 aromatic heterocycles. The van der Waals surface area contributed by atoms with Crippen molar-refractivity contribution in [1.29, 1.82) is 0 Å². The monoisotopic (exact) mass is 770 g/mol. The summed E-state index contributed by atoms with van der Waals surface area (Å²) in [6.45, 7) is 4.89. The lowest BCUT2D eigenvalue weighted by Gasteiger charge is -2.29. The maximum absolute atomic E-state index is 13.9. The fourth-order valence-electron chi connectivity index (χ4n) is 6.20. The van der Waals surface area contributed by atoms with Gasteiger partial charge < -0.3 is 29.5 Å². The molecule has 3 aromatic carbocycles. The fourth-order valence-corrected chi connectivity index (χ4v) is 7.20. The molecule has 0 radical (unpaired) electrons. The summed E-state index contributed by atoms with van der Waals surface area (Å²) in [6.07, 6.45) is 1.85. The number of ether oxygens (including phenoxy) is 1.